The van der Waals surface area contributed by atoms with E-state index in [0.717, 1.165) is 12.1 Å². The smallest absolute Gasteiger partial charge is 0.330 e. The molecule has 1 rings (SSSR count). The molecule has 17 heavy (non-hydrogen) atoms. The number of rotatable bonds is 3. The van der Waals surface area contributed by atoms with Crippen LogP contribution in [0.25, 0.3) is 0 Å². The molecule has 0 amide bonds. The van der Waals surface area contributed by atoms with Crippen LogP contribution in [0, 0.1) is 5.82 Å². The molecular weight excluding hydrogens is 260 g/mol. The molecule has 1 aromatic rings. The van der Waals surface area contributed by atoms with E-state index in [1.165, 1.54) is 0 Å². The fraction of sp³-hybridized carbons (Fsp3) is 0.400. The van der Waals surface area contributed by atoms with Crippen LogP contribution in [0.15, 0.2) is 12.1 Å². The third kappa shape index (κ3) is 3.08. The lowest BCUT2D eigenvalue weighted by Gasteiger charge is -2.19. The minimum absolute atomic E-state index is 0.0420. The summed E-state index contributed by atoms with van der Waals surface area (Å²) < 4.78 is 51.6. The number of benzene rings is 1. The Morgan fingerprint density at radius 2 is 1.88 bits per heavy atom. The molecule has 4 N–H and O–H groups in total. The summed E-state index contributed by atoms with van der Waals surface area (Å²) in [5.41, 5.74) is 8.95. The third-order valence-corrected chi connectivity index (χ3v) is 2.58. The van der Waals surface area contributed by atoms with Crippen LogP contribution in [0.2, 0.25) is 5.02 Å². The molecule has 1 aromatic carbocycles. The monoisotopic (exact) mass is 270 g/mol. The predicted molar refractivity (Wildman–Crippen MR) is 57.0 cm³/mol. The normalized spacial score (nSPS) is 13.8. The van der Waals surface area contributed by atoms with Crippen molar-refractivity contribution >= 4 is 11.6 Å². The minimum atomic E-state index is -4.67. The van der Waals surface area contributed by atoms with Gasteiger partial charge in [0.1, 0.15) is 5.82 Å². The Hall–Kier alpha value is -0.850. The van der Waals surface area contributed by atoms with E-state index in [0.29, 0.717) is 0 Å². The average molecular weight is 271 g/mol. The van der Waals surface area contributed by atoms with Crippen LogP contribution < -0.4 is 11.5 Å². The summed E-state index contributed by atoms with van der Waals surface area (Å²) in [6.07, 6.45) is -4.63. The number of hydrogen-bond acceptors (Lipinski definition) is 2. The molecule has 7 heteroatoms. The molecule has 0 aromatic heterocycles. The topological polar surface area (TPSA) is 52.0 Å². The summed E-state index contributed by atoms with van der Waals surface area (Å²) in [6, 6.07) is 0.450. The molecule has 0 spiro atoms. The Morgan fingerprint density at radius 1 is 1.29 bits per heavy atom. The largest absolute Gasteiger partial charge is 0.416 e. The van der Waals surface area contributed by atoms with Crippen LogP contribution in [0.4, 0.5) is 17.6 Å². The van der Waals surface area contributed by atoms with Crippen molar-refractivity contribution in [3.8, 4) is 0 Å². The van der Waals surface area contributed by atoms with E-state index in [1.54, 1.807) is 0 Å². The van der Waals surface area contributed by atoms with Gasteiger partial charge in [-0.25, -0.2) is 4.39 Å². The highest BCUT2D eigenvalue weighted by molar-refractivity contribution is 6.30. The minimum Gasteiger partial charge on any atom is -0.330 e. The van der Waals surface area contributed by atoms with Crippen molar-refractivity contribution in [3.63, 3.8) is 0 Å². The highest BCUT2D eigenvalue weighted by Crippen LogP contribution is 2.38. The molecule has 1 atom stereocenters. The summed E-state index contributed by atoms with van der Waals surface area (Å²) in [6.45, 7) is 0.0599. The Labute approximate surface area is 101 Å². The Balaban J connectivity index is 3.36. The Morgan fingerprint density at radius 3 is 2.35 bits per heavy atom. The van der Waals surface area contributed by atoms with Gasteiger partial charge in [0.2, 0.25) is 0 Å². The number of halogens is 5. The van der Waals surface area contributed by atoms with Crippen molar-refractivity contribution in [2.45, 2.75) is 18.6 Å². The number of nitrogens with two attached hydrogens (primary N) is 2. The Kier molecular flexibility index (Phi) is 4.35. The lowest BCUT2D eigenvalue weighted by atomic mass is 9.97. The van der Waals surface area contributed by atoms with Crippen LogP contribution in [0.5, 0.6) is 0 Å². The third-order valence-electron chi connectivity index (χ3n) is 2.29. The van der Waals surface area contributed by atoms with Crippen molar-refractivity contribution in [1.82, 2.24) is 0 Å². The molecule has 0 saturated carbocycles. The first kappa shape index (κ1) is 14.2. The van der Waals surface area contributed by atoms with Crippen molar-refractivity contribution in [2.75, 3.05) is 6.54 Å². The fourth-order valence-electron chi connectivity index (χ4n) is 1.50. The summed E-state index contributed by atoms with van der Waals surface area (Å²) in [7, 11) is 0. The average Bonchev–Trinajstić information content (AvgIpc) is 2.20. The molecule has 0 radical (unpaired) electrons. The highest BCUT2D eigenvalue weighted by atomic mass is 35.5. The highest BCUT2D eigenvalue weighted by Gasteiger charge is 2.36. The summed E-state index contributed by atoms with van der Waals surface area (Å²) >= 11 is 5.45. The van der Waals surface area contributed by atoms with E-state index in [9.17, 15) is 17.6 Å². The van der Waals surface area contributed by atoms with Gasteiger partial charge in [0.25, 0.3) is 0 Å². The van der Waals surface area contributed by atoms with Crippen LogP contribution in [0.1, 0.15) is 23.6 Å². The summed E-state index contributed by atoms with van der Waals surface area (Å²) in [5.74, 6) is -1.14. The molecule has 0 aliphatic heterocycles. The van der Waals surface area contributed by atoms with E-state index >= 15 is 0 Å². The van der Waals surface area contributed by atoms with Gasteiger partial charge >= 0.3 is 6.18 Å². The molecular formula is C10H11ClF4N2. The molecule has 0 heterocycles. The van der Waals surface area contributed by atoms with E-state index in [-0.39, 0.29) is 18.0 Å². The molecule has 0 aliphatic rings. The van der Waals surface area contributed by atoms with Crippen LogP contribution >= 0.6 is 11.6 Å². The predicted octanol–water partition coefficient (Wildman–Crippen LogP) is 2.85. The van der Waals surface area contributed by atoms with Crippen LogP contribution in [0.3, 0.4) is 0 Å². The van der Waals surface area contributed by atoms with Crippen molar-refractivity contribution in [3.05, 3.63) is 34.1 Å². The van der Waals surface area contributed by atoms with Gasteiger partial charge in [-0.3, -0.25) is 0 Å². The second-order valence-corrected chi connectivity index (χ2v) is 3.91. The van der Waals surface area contributed by atoms with E-state index in [2.05, 4.69) is 0 Å². The Bertz CT molecular complexity index is 406. The quantitative estimate of drug-likeness (QED) is 0.830. The van der Waals surface area contributed by atoms with E-state index < -0.39 is 29.2 Å². The lowest BCUT2D eigenvalue weighted by Crippen LogP contribution is -2.22. The zero-order chi connectivity index (χ0) is 13.2. The second-order valence-electron chi connectivity index (χ2n) is 3.50. The molecule has 0 aliphatic carbocycles. The van der Waals surface area contributed by atoms with Crippen molar-refractivity contribution in [1.29, 1.82) is 0 Å². The van der Waals surface area contributed by atoms with Crippen molar-refractivity contribution in [2.24, 2.45) is 11.5 Å². The molecule has 96 valence electrons. The second kappa shape index (κ2) is 5.20. The van der Waals surface area contributed by atoms with Gasteiger partial charge in [0.05, 0.1) is 10.6 Å². The zero-order valence-corrected chi connectivity index (χ0v) is 9.45. The van der Waals surface area contributed by atoms with E-state index in [1.807, 2.05) is 0 Å². The maximum absolute atomic E-state index is 13.6. The molecule has 0 fully saturated rings. The van der Waals surface area contributed by atoms with Gasteiger partial charge in [-0.15, -0.1) is 0 Å². The number of hydrogen-bond donors (Lipinski definition) is 2. The fourth-order valence-corrected chi connectivity index (χ4v) is 1.66. The van der Waals surface area contributed by atoms with Crippen LogP contribution in [-0.4, -0.2) is 6.54 Å². The van der Waals surface area contributed by atoms with Gasteiger partial charge < -0.3 is 11.5 Å². The zero-order valence-electron chi connectivity index (χ0n) is 8.69. The molecule has 0 bridgehead atoms. The van der Waals surface area contributed by atoms with Crippen molar-refractivity contribution < 1.29 is 17.6 Å². The summed E-state index contributed by atoms with van der Waals surface area (Å²) in [5, 5.41) is -0.388. The SMILES string of the molecule is NCC[C@@H](N)c1c(C(F)(F)F)ccc(Cl)c1F. The first-order chi connectivity index (χ1) is 7.79. The molecule has 0 unspecified atom stereocenters. The molecule has 0 saturated heterocycles. The van der Waals surface area contributed by atoms with Gasteiger partial charge in [-0.1, -0.05) is 11.6 Å². The summed E-state index contributed by atoms with van der Waals surface area (Å²) in [4.78, 5) is 0. The van der Waals surface area contributed by atoms with Gasteiger partial charge in [0, 0.05) is 11.6 Å². The van der Waals surface area contributed by atoms with Gasteiger partial charge in [0.15, 0.2) is 0 Å². The number of alkyl halides is 3. The maximum Gasteiger partial charge on any atom is 0.416 e. The first-order valence-electron chi connectivity index (χ1n) is 4.79. The maximum atomic E-state index is 13.6. The van der Waals surface area contributed by atoms with E-state index in [4.69, 9.17) is 23.1 Å². The molecule has 2 nitrogen and oxygen atoms in total. The first-order valence-corrected chi connectivity index (χ1v) is 5.17. The van der Waals surface area contributed by atoms with Gasteiger partial charge in [-0.2, -0.15) is 13.2 Å². The van der Waals surface area contributed by atoms with Gasteiger partial charge in [-0.05, 0) is 25.1 Å². The lowest BCUT2D eigenvalue weighted by molar-refractivity contribution is -0.138. The van der Waals surface area contributed by atoms with Crippen LogP contribution in [-0.2, 0) is 6.18 Å². The standard InChI is InChI=1S/C10H11ClF4N2/c11-6-2-1-5(10(13,14)15)8(9(6)12)7(17)3-4-16/h1-2,7H,3-4,16-17H2/t7-/m1/s1.